The first-order valence-corrected chi connectivity index (χ1v) is 5.64. The average Bonchev–Trinajstić information content (AvgIpc) is 2.24. The van der Waals surface area contributed by atoms with Crippen molar-refractivity contribution in [2.45, 2.75) is 20.3 Å². The van der Waals surface area contributed by atoms with Crippen LogP contribution in [0.15, 0.2) is 30.4 Å². The van der Waals surface area contributed by atoms with Crippen LogP contribution in [0.25, 0.3) is 0 Å². The van der Waals surface area contributed by atoms with E-state index < -0.39 is 0 Å². The molecule has 3 nitrogen and oxygen atoms in total. The Labute approximate surface area is 97.3 Å². The maximum Gasteiger partial charge on any atom is 0.123 e. The van der Waals surface area contributed by atoms with Crippen LogP contribution >= 0.6 is 0 Å². The van der Waals surface area contributed by atoms with E-state index in [0.717, 1.165) is 30.1 Å². The molecule has 0 radical (unpaired) electrons. The van der Waals surface area contributed by atoms with Gasteiger partial charge < -0.3 is 15.8 Å². The lowest BCUT2D eigenvalue weighted by Gasteiger charge is -2.09. The number of nitrogens with one attached hydrogen (secondary N) is 1. The Morgan fingerprint density at radius 3 is 2.88 bits per heavy atom. The summed E-state index contributed by atoms with van der Waals surface area (Å²) in [7, 11) is 0. The zero-order valence-corrected chi connectivity index (χ0v) is 9.99. The molecular formula is C13H20N2O. The second-order valence-electron chi connectivity index (χ2n) is 3.51. The number of nitrogens with two attached hydrogens (primary N) is 1. The molecule has 1 aromatic carbocycles. The lowest BCUT2D eigenvalue weighted by atomic mass is 10.2. The van der Waals surface area contributed by atoms with Gasteiger partial charge in [-0.15, -0.1) is 0 Å². The van der Waals surface area contributed by atoms with E-state index in [1.807, 2.05) is 38.1 Å². The van der Waals surface area contributed by atoms with E-state index in [4.69, 9.17) is 10.5 Å². The van der Waals surface area contributed by atoms with E-state index in [1.165, 1.54) is 0 Å². The summed E-state index contributed by atoms with van der Waals surface area (Å²) in [4.78, 5) is 0. The van der Waals surface area contributed by atoms with Gasteiger partial charge in [0.1, 0.15) is 5.75 Å². The monoisotopic (exact) mass is 220 g/mol. The molecule has 1 rings (SSSR count). The molecule has 3 N–H and O–H groups in total. The van der Waals surface area contributed by atoms with Crippen LogP contribution in [0.1, 0.15) is 20.3 Å². The maximum atomic E-state index is 5.79. The van der Waals surface area contributed by atoms with Crippen molar-refractivity contribution in [3.8, 4) is 5.75 Å². The highest BCUT2D eigenvalue weighted by molar-refractivity contribution is 5.59. The zero-order valence-electron chi connectivity index (χ0n) is 9.99. The van der Waals surface area contributed by atoms with Crippen molar-refractivity contribution >= 4 is 11.4 Å². The minimum atomic E-state index is 0.654. The molecule has 1 aromatic rings. The number of benzene rings is 1. The lowest BCUT2D eigenvalue weighted by molar-refractivity contribution is 0.340. The third-order valence-electron chi connectivity index (χ3n) is 2.12. The van der Waals surface area contributed by atoms with E-state index in [2.05, 4.69) is 11.4 Å². The molecule has 3 heteroatoms. The predicted octanol–water partition coefficient (Wildman–Crippen LogP) is 3.05. The van der Waals surface area contributed by atoms with E-state index >= 15 is 0 Å². The SMILES string of the molecule is C/C=C/CCNc1cc(N)cc(OCC)c1. The van der Waals surface area contributed by atoms with Gasteiger partial charge in [0, 0.05) is 30.1 Å². The van der Waals surface area contributed by atoms with Gasteiger partial charge in [-0.1, -0.05) is 12.2 Å². The Hall–Kier alpha value is -1.64. The molecule has 0 aromatic heterocycles. The minimum Gasteiger partial charge on any atom is -0.494 e. The second kappa shape index (κ2) is 6.77. The molecule has 0 spiro atoms. The van der Waals surface area contributed by atoms with Gasteiger partial charge >= 0.3 is 0 Å². The standard InChI is InChI=1S/C13H20N2O/c1-3-5-6-7-15-12-8-11(14)9-13(10-12)16-4-2/h3,5,8-10,15H,4,6-7,14H2,1-2H3/b5-3+. The van der Waals surface area contributed by atoms with Gasteiger partial charge in [-0.3, -0.25) is 0 Å². The molecular weight excluding hydrogens is 200 g/mol. The Morgan fingerprint density at radius 2 is 2.19 bits per heavy atom. The normalized spacial score (nSPS) is 10.6. The van der Waals surface area contributed by atoms with Crippen LogP contribution in [0.5, 0.6) is 5.75 Å². The number of anilines is 2. The number of rotatable bonds is 6. The van der Waals surface area contributed by atoms with Crippen molar-refractivity contribution in [2.24, 2.45) is 0 Å². The molecule has 0 fully saturated rings. The molecule has 0 saturated carbocycles. The molecule has 0 amide bonds. The lowest BCUT2D eigenvalue weighted by Crippen LogP contribution is -2.02. The number of hydrogen-bond acceptors (Lipinski definition) is 3. The summed E-state index contributed by atoms with van der Waals surface area (Å²) in [5.41, 5.74) is 7.52. The Bertz CT molecular complexity index is 348. The van der Waals surface area contributed by atoms with E-state index in [9.17, 15) is 0 Å². The summed E-state index contributed by atoms with van der Waals surface area (Å²) >= 11 is 0. The van der Waals surface area contributed by atoms with Crippen LogP contribution in [-0.4, -0.2) is 13.2 Å². The molecule has 0 saturated heterocycles. The van der Waals surface area contributed by atoms with E-state index in [1.54, 1.807) is 0 Å². The molecule has 0 bridgehead atoms. The van der Waals surface area contributed by atoms with Gasteiger partial charge in [0.2, 0.25) is 0 Å². The van der Waals surface area contributed by atoms with Gasteiger partial charge in [0.05, 0.1) is 6.61 Å². The third-order valence-corrected chi connectivity index (χ3v) is 2.12. The fourth-order valence-electron chi connectivity index (χ4n) is 1.44. The topological polar surface area (TPSA) is 47.3 Å². The highest BCUT2D eigenvalue weighted by Gasteiger charge is 1.98. The molecule has 0 aliphatic rings. The first-order valence-electron chi connectivity index (χ1n) is 5.64. The quantitative estimate of drug-likeness (QED) is 0.440. The molecule has 0 aliphatic heterocycles. The van der Waals surface area contributed by atoms with E-state index in [-0.39, 0.29) is 0 Å². The van der Waals surface area contributed by atoms with Crippen LogP contribution in [0.4, 0.5) is 11.4 Å². The van der Waals surface area contributed by atoms with Gasteiger partial charge in [-0.2, -0.15) is 0 Å². The van der Waals surface area contributed by atoms with Crippen molar-refractivity contribution < 1.29 is 4.74 Å². The molecule has 16 heavy (non-hydrogen) atoms. The van der Waals surface area contributed by atoms with Gasteiger partial charge in [0.25, 0.3) is 0 Å². The fourth-order valence-corrected chi connectivity index (χ4v) is 1.44. The summed E-state index contributed by atoms with van der Waals surface area (Å²) in [6.45, 7) is 5.54. The highest BCUT2D eigenvalue weighted by Crippen LogP contribution is 2.22. The van der Waals surface area contributed by atoms with Crippen molar-refractivity contribution in [2.75, 3.05) is 24.2 Å². The molecule has 0 heterocycles. The summed E-state index contributed by atoms with van der Waals surface area (Å²) in [5.74, 6) is 0.816. The van der Waals surface area contributed by atoms with Crippen molar-refractivity contribution in [1.82, 2.24) is 0 Å². The van der Waals surface area contributed by atoms with Crippen LogP contribution in [-0.2, 0) is 0 Å². The van der Waals surface area contributed by atoms with Crippen LogP contribution in [0.3, 0.4) is 0 Å². The Kier molecular flexibility index (Phi) is 5.26. The Balaban J connectivity index is 2.57. The third kappa shape index (κ3) is 4.26. The maximum absolute atomic E-state index is 5.79. The summed E-state index contributed by atoms with van der Waals surface area (Å²) in [5, 5.41) is 3.31. The van der Waals surface area contributed by atoms with Crippen LogP contribution < -0.4 is 15.8 Å². The zero-order chi connectivity index (χ0) is 11.8. The molecule has 0 unspecified atom stereocenters. The highest BCUT2D eigenvalue weighted by atomic mass is 16.5. The minimum absolute atomic E-state index is 0.654. The molecule has 0 aliphatic carbocycles. The van der Waals surface area contributed by atoms with Crippen molar-refractivity contribution in [3.05, 3.63) is 30.4 Å². The largest absolute Gasteiger partial charge is 0.494 e. The van der Waals surface area contributed by atoms with Gasteiger partial charge in [-0.05, 0) is 26.3 Å². The summed E-state index contributed by atoms with van der Waals surface area (Å²) in [6.07, 6.45) is 5.19. The second-order valence-corrected chi connectivity index (χ2v) is 3.51. The fraction of sp³-hybridized carbons (Fsp3) is 0.385. The smallest absolute Gasteiger partial charge is 0.123 e. The first kappa shape index (κ1) is 12.4. The van der Waals surface area contributed by atoms with Crippen molar-refractivity contribution in [3.63, 3.8) is 0 Å². The van der Waals surface area contributed by atoms with Gasteiger partial charge in [0.15, 0.2) is 0 Å². The summed E-state index contributed by atoms with van der Waals surface area (Å²) in [6, 6.07) is 5.72. The number of nitrogen functional groups attached to an aromatic ring is 1. The number of ether oxygens (including phenoxy) is 1. The van der Waals surface area contributed by atoms with Crippen LogP contribution in [0.2, 0.25) is 0 Å². The molecule has 88 valence electrons. The predicted molar refractivity (Wildman–Crippen MR) is 69.9 cm³/mol. The van der Waals surface area contributed by atoms with E-state index in [0.29, 0.717) is 6.61 Å². The number of allylic oxidation sites excluding steroid dienone is 1. The van der Waals surface area contributed by atoms with Crippen molar-refractivity contribution in [1.29, 1.82) is 0 Å². The first-order chi connectivity index (χ1) is 7.76. The Morgan fingerprint density at radius 1 is 1.38 bits per heavy atom. The molecule has 0 atom stereocenters. The average molecular weight is 220 g/mol. The van der Waals surface area contributed by atoms with Gasteiger partial charge in [-0.25, -0.2) is 0 Å². The van der Waals surface area contributed by atoms with Crippen LogP contribution in [0, 0.1) is 0 Å². The summed E-state index contributed by atoms with van der Waals surface area (Å²) < 4.78 is 5.42. The number of hydrogen-bond donors (Lipinski definition) is 2.